The fraction of sp³-hybridized carbons (Fsp3) is 0.318. The van der Waals surface area contributed by atoms with Gasteiger partial charge in [-0.25, -0.2) is 0 Å². The van der Waals surface area contributed by atoms with Gasteiger partial charge in [-0.15, -0.1) is 11.3 Å². The lowest BCUT2D eigenvalue weighted by Gasteiger charge is -2.32. The molecule has 0 amide bonds. The number of benzene rings is 2. The van der Waals surface area contributed by atoms with Gasteiger partial charge in [0.05, 0.1) is 12.6 Å². The molecule has 2 aromatic carbocycles. The molecule has 2 atom stereocenters. The number of hydrogen-bond donors (Lipinski definition) is 1. The van der Waals surface area contributed by atoms with Crippen molar-refractivity contribution in [2.75, 3.05) is 13.2 Å². The molecule has 0 spiro atoms. The molecule has 0 bridgehead atoms. The van der Waals surface area contributed by atoms with Gasteiger partial charge in [-0.2, -0.15) is 0 Å². The largest absolute Gasteiger partial charge is 0.494 e. The Morgan fingerprint density at radius 2 is 2.14 bits per heavy atom. The maximum atomic E-state index is 11.9. The number of hydrogen-bond acceptors (Lipinski definition) is 4. The number of carbonyl (C=O) groups is 1. The van der Waals surface area contributed by atoms with Crippen molar-refractivity contribution in [1.82, 2.24) is 4.90 Å². The van der Waals surface area contributed by atoms with E-state index in [1.165, 1.54) is 10.1 Å². The van der Waals surface area contributed by atoms with Crippen LogP contribution in [0.15, 0.2) is 48.5 Å². The molecule has 0 aliphatic carbocycles. The highest BCUT2D eigenvalue weighted by Crippen LogP contribution is 2.43. The third-order valence-corrected chi connectivity index (χ3v) is 6.59. The lowest BCUT2D eigenvalue weighted by Crippen LogP contribution is -2.39. The van der Waals surface area contributed by atoms with E-state index in [0.29, 0.717) is 18.1 Å². The van der Waals surface area contributed by atoms with Crippen molar-refractivity contribution in [3.8, 4) is 5.75 Å². The number of aliphatic carboxylic acids is 1. The van der Waals surface area contributed by atoms with Crippen LogP contribution in [0.1, 0.15) is 36.2 Å². The van der Waals surface area contributed by atoms with E-state index in [9.17, 15) is 9.90 Å². The molecule has 2 heterocycles. The van der Waals surface area contributed by atoms with Gasteiger partial charge in [-0.1, -0.05) is 29.8 Å². The minimum atomic E-state index is -0.774. The van der Waals surface area contributed by atoms with Gasteiger partial charge in [0.15, 0.2) is 0 Å². The number of likely N-dealkylation sites (tertiary alicyclic amines) is 1. The summed E-state index contributed by atoms with van der Waals surface area (Å²) in [5.41, 5.74) is 0.925. The van der Waals surface area contributed by atoms with Crippen LogP contribution in [0.4, 0.5) is 0 Å². The minimum absolute atomic E-state index is 0.207. The molecular formula is C22H22ClNO3S. The van der Waals surface area contributed by atoms with E-state index in [1.54, 1.807) is 11.3 Å². The molecule has 146 valence electrons. The van der Waals surface area contributed by atoms with Crippen molar-refractivity contribution in [1.29, 1.82) is 0 Å². The van der Waals surface area contributed by atoms with E-state index in [-0.39, 0.29) is 6.04 Å². The van der Waals surface area contributed by atoms with E-state index < -0.39 is 12.0 Å². The Labute approximate surface area is 173 Å². The van der Waals surface area contributed by atoms with Crippen LogP contribution in [0.2, 0.25) is 5.02 Å². The molecule has 1 aromatic heterocycles. The lowest BCUT2D eigenvalue weighted by molar-refractivity contribution is -0.142. The van der Waals surface area contributed by atoms with Crippen LogP contribution in [-0.2, 0) is 4.79 Å². The van der Waals surface area contributed by atoms with Crippen LogP contribution in [-0.4, -0.2) is 35.2 Å². The first-order chi connectivity index (χ1) is 13.6. The van der Waals surface area contributed by atoms with E-state index in [2.05, 4.69) is 23.1 Å². The summed E-state index contributed by atoms with van der Waals surface area (Å²) in [5.74, 6) is -0.0195. The van der Waals surface area contributed by atoms with Gasteiger partial charge >= 0.3 is 5.97 Å². The zero-order valence-corrected chi connectivity index (χ0v) is 17.2. The molecule has 28 heavy (non-hydrogen) atoms. The molecule has 1 aliphatic rings. The minimum Gasteiger partial charge on any atom is -0.494 e. The first-order valence-electron chi connectivity index (χ1n) is 9.47. The number of rotatable bonds is 6. The maximum Gasteiger partial charge on any atom is 0.320 e. The number of ether oxygens (including phenoxy) is 1. The topological polar surface area (TPSA) is 49.8 Å². The summed E-state index contributed by atoms with van der Waals surface area (Å²) < 4.78 is 7.08. The Balaban J connectivity index is 1.89. The zero-order valence-electron chi connectivity index (χ0n) is 15.6. The van der Waals surface area contributed by atoms with Crippen LogP contribution in [0.25, 0.3) is 10.1 Å². The molecule has 1 aliphatic heterocycles. The molecule has 0 radical (unpaired) electrons. The molecule has 1 N–H and O–H groups in total. The molecule has 1 fully saturated rings. The summed E-state index contributed by atoms with van der Waals surface area (Å²) in [7, 11) is 0. The van der Waals surface area contributed by atoms with E-state index in [0.717, 1.165) is 29.2 Å². The van der Waals surface area contributed by atoms with E-state index in [4.69, 9.17) is 16.3 Å². The number of carboxylic acid groups (broad SMARTS) is 1. The summed E-state index contributed by atoms with van der Waals surface area (Å²) in [4.78, 5) is 15.1. The SMILES string of the molecule is CCOc1ccc(Cl)cc1C(c1cc2ccccc2s1)N1CCCC1C(=O)O. The number of fused-ring (bicyclic) bond motifs is 1. The first-order valence-corrected chi connectivity index (χ1v) is 10.7. The van der Waals surface area contributed by atoms with Crippen molar-refractivity contribution in [3.63, 3.8) is 0 Å². The average Bonchev–Trinajstić information content (AvgIpc) is 3.31. The lowest BCUT2D eigenvalue weighted by atomic mass is 10.0. The summed E-state index contributed by atoms with van der Waals surface area (Å²) in [6.07, 6.45) is 1.52. The van der Waals surface area contributed by atoms with Crippen LogP contribution in [0, 0.1) is 0 Å². The van der Waals surface area contributed by atoms with Crippen molar-refractivity contribution in [2.24, 2.45) is 0 Å². The summed E-state index contributed by atoms with van der Waals surface area (Å²) >= 11 is 8.05. The highest BCUT2D eigenvalue weighted by atomic mass is 35.5. The van der Waals surface area contributed by atoms with Crippen molar-refractivity contribution < 1.29 is 14.6 Å². The van der Waals surface area contributed by atoms with E-state index in [1.807, 2.05) is 37.3 Å². The molecule has 4 rings (SSSR count). The smallest absolute Gasteiger partial charge is 0.320 e. The average molecular weight is 416 g/mol. The Kier molecular flexibility index (Phi) is 5.58. The van der Waals surface area contributed by atoms with Crippen LogP contribution < -0.4 is 4.74 Å². The molecule has 6 heteroatoms. The predicted molar refractivity (Wildman–Crippen MR) is 114 cm³/mol. The van der Waals surface area contributed by atoms with Crippen LogP contribution >= 0.6 is 22.9 Å². The third kappa shape index (κ3) is 3.62. The molecule has 0 saturated carbocycles. The Bertz CT molecular complexity index is 969. The highest BCUT2D eigenvalue weighted by molar-refractivity contribution is 7.19. The zero-order chi connectivity index (χ0) is 19.7. The highest BCUT2D eigenvalue weighted by Gasteiger charge is 2.38. The first kappa shape index (κ1) is 19.2. The van der Waals surface area contributed by atoms with Gasteiger partial charge in [0.1, 0.15) is 11.8 Å². The summed E-state index contributed by atoms with van der Waals surface area (Å²) in [6.45, 7) is 3.22. The number of carboxylic acids is 1. The second-order valence-electron chi connectivity index (χ2n) is 6.94. The summed E-state index contributed by atoms with van der Waals surface area (Å²) in [5, 5.41) is 11.6. The standard InChI is InChI=1S/C22H22ClNO3S/c1-2-27-18-10-9-15(23)13-16(18)21(24-11-5-7-17(24)22(25)26)20-12-14-6-3-4-8-19(14)28-20/h3-4,6,8-10,12-13,17,21H,2,5,7,11H2,1H3,(H,25,26). The van der Waals surface area contributed by atoms with Gasteiger partial charge in [0.2, 0.25) is 0 Å². The van der Waals surface area contributed by atoms with Crippen LogP contribution in [0.5, 0.6) is 5.75 Å². The van der Waals surface area contributed by atoms with Gasteiger partial charge < -0.3 is 9.84 Å². The monoisotopic (exact) mass is 415 g/mol. The number of nitrogens with zero attached hydrogens (tertiary/aromatic N) is 1. The molecule has 2 unspecified atom stereocenters. The fourth-order valence-electron chi connectivity index (χ4n) is 4.02. The second-order valence-corrected chi connectivity index (χ2v) is 8.49. The Morgan fingerprint density at radius 1 is 1.32 bits per heavy atom. The molecular weight excluding hydrogens is 394 g/mol. The number of thiophene rings is 1. The second kappa shape index (κ2) is 8.11. The van der Waals surface area contributed by atoms with Crippen molar-refractivity contribution in [3.05, 3.63) is 64.0 Å². The number of halogens is 1. The van der Waals surface area contributed by atoms with Gasteiger partial charge in [0.25, 0.3) is 0 Å². The summed E-state index contributed by atoms with van der Waals surface area (Å²) in [6, 6.07) is 15.3. The van der Waals surface area contributed by atoms with Crippen molar-refractivity contribution >= 4 is 39.0 Å². The molecule has 4 nitrogen and oxygen atoms in total. The van der Waals surface area contributed by atoms with Gasteiger partial charge in [-0.05, 0) is 55.5 Å². The van der Waals surface area contributed by atoms with Gasteiger partial charge in [0, 0.05) is 26.7 Å². The van der Waals surface area contributed by atoms with Gasteiger partial charge in [-0.3, -0.25) is 9.69 Å². The van der Waals surface area contributed by atoms with Crippen molar-refractivity contribution in [2.45, 2.75) is 31.8 Å². The normalized spacial score (nSPS) is 18.4. The van der Waals surface area contributed by atoms with E-state index >= 15 is 0 Å². The fourth-order valence-corrected chi connectivity index (χ4v) is 5.40. The quantitative estimate of drug-likeness (QED) is 0.570. The van der Waals surface area contributed by atoms with Crippen LogP contribution in [0.3, 0.4) is 0 Å². The Hall–Kier alpha value is -2.08. The molecule has 1 saturated heterocycles. The molecule has 3 aromatic rings. The third-order valence-electron chi connectivity index (χ3n) is 5.19. The predicted octanol–water partition coefficient (Wildman–Crippen LogP) is 5.59. The maximum absolute atomic E-state index is 11.9. The Morgan fingerprint density at radius 3 is 2.89 bits per heavy atom.